The van der Waals surface area contributed by atoms with Crippen LogP contribution in [0.25, 0.3) is 5.82 Å². The Labute approximate surface area is 144 Å². The second kappa shape index (κ2) is 6.25. The van der Waals surface area contributed by atoms with Crippen LogP contribution in [-0.4, -0.2) is 24.9 Å². The maximum atomic E-state index is 14.4. The van der Waals surface area contributed by atoms with Gasteiger partial charge in [0.05, 0.1) is 6.20 Å². The molecule has 0 radical (unpaired) electrons. The molecule has 3 rings (SSSR count). The molecule has 0 aliphatic carbocycles. The SMILES string of the molecule is CCc1ccc([C@](C)(O)c2cnn(-c3cc(=O)[nH]c(C)n3)c2)c(F)c1. The van der Waals surface area contributed by atoms with Gasteiger partial charge in [0, 0.05) is 23.4 Å². The predicted molar refractivity (Wildman–Crippen MR) is 91.2 cm³/mol. The highest BCUT2D eigenvalue weighted by molar-refractivity contribution is 5.37. The zero-order chi connectivity index (χ0) is 18.2. The number of hydrogen-bond donors (Lipinski definition) is 2. The Kier molecular flexibility index (Phi) is 4.26. The lowest BCUT2D eigenvalue weighted by molar-refractivity contribution is 0.0979. The van der Waals surface area contributed by atoms with Crippen molar-refractivity contribution < 1.29 is 9.50 Å². The Morgan fingerprint density at radius 1 is 1.36 bits per heavy atom. The van der Waals surface area contributed by atoms with E-state index in [1.807, 2.05) is 6.92 Å². The number of aromatic nitrogens is 4. The van der Waals surface area contributed by atoms with E-state index in [4.69, 9.17) is 0 Å². The summed E-state index contributed by atoms with van der Waals surface area (Å²) in [7, 11) is 0. The fourth-order valence-corrected chi connectivity index (χ4v) is 2.71. The lowest BCUT2D eigenvalue weighted by Gasteiger charge is -2.23. The van der Waals surface area contributed by atoms with Gasteiger partial charge in [-0.05, 0) is 31.9 Å². The minimum Gasteiger partial charge on any atom is -0.380 e. The summed E-state index contributed by atoms with van der Waals surface area (Å²) in [5.41, 5.74) is -0.441. The van der Waals surface area contributed by atoms with E-state index in [1.165, 1.54) is 36.1 Å². The number of rotatable bonds is 4. The quantitative estimate of drug-likeness (QED) is 0.761. The van der Waals surface area contributed by atoms with Gasteiger partial charge < -0.3 is 10.1 Å². The van der Waals surface area contributed by atoms with Gasteiger partial charge in [0.25, 0.3) is 5.56 Å². The molecule has 25 heavy (non-hydrogen) atoms. The van der Waals surface area contributed by atoms with Gasteiger partial charge in [-0.1, -0.05) is 19.1 Å². The summed E-state index contributed by atoms with van der Waals surface area (Å²) >= 11 is 0. The molecule has 0 bridgehead atoms. The molecule has 0 unspecified atom stereocenters. The molecule has 3 aromatic rings. The normalized spacial score (nSPS) is 13.6. The number of nitrogens with zero attached hydrogens (tertiary/aromatic N) is 3. The van der Waals surface area contributed by atoms with Gasteiger partial charge in [-0.15, -0.1) is 0 Å². The van der Waals surface area contributed by atoms with Crippen molar-refractivity contribution in [2.75, 3.05) is 0 Å². The average Bonchev–Trinajstić information content (AvgIpc) is 3.04. The van der Waals surface area contributed by atoms with Crippen LogP contribution >= 0.6 is 0 Å². The molecule has 2 heterocycles. The van der Waals surface area contributed by atoms with E-state index < -0.39 is 11.4 Å². The number of aromatic amines is 1. The summed E-state index contributed by atoms with van der Waals surface area (Å²) in [4.78, 5) is 18.3. The summed E-state index contributed by atoms with van der Waals surface area (Å²) in [6, 6.07) is 6.10. The second-order valence-electron chi connectivity index (χ2n) is 6.10. The molecule has 0 aliphatic heterocycles. The number of aliphatic hydroxyl groups is 1. The Hall–Kier alpha value is -2.80. The first-order chi connectivity index (χ1) is 11.8. The highest BCUT2D eigenvalue weighted by Crippen LogP contribution is 2.31. The van der Waals surface area contributed by atoms with Crippen LogP contribution in [0.15, 0.2) is 41.5 Å². The van der Waals surface area contributed by atoms with Gasteiger partial charge >= 0.3 is 0 Å². The van der Waals surface area contributed by atoms with Crippen LogP contribution in [0.5, 0.6) is 0 Å². The highest BCUT2D eigenvalue weighted by atomic mass is 19.1. The van der Waals surface area contributed by atoms with Crippen molar-refractivity contribution in [3.8, 4) is 5.82 Å². The Morgan fingerprint density at radius 2 is 2.12 bits per heavy atom. The molecule has 0 amide bonds. The third-order valence-electron chi connectivity index (χ3n) is 4.19. The fraction of sp³-hybridized carbons (Fsp3) is 0.278. The predicted octanol–water partition coefficient (Wildman–Crippen LogP) is 2.22. The first-order valence-electron chi connectivity index (χ1n) is 7.96. The van der Waals surface area contributed by atoms with Crippen molar-refractivity contribution in [1.29, 1.82) is 0 Å². The summed E-state index contributed by atoms with van der Waals surface area (Å²) in [6.07, 6.45) is 3.69. The second-order valence-corrected chi connectivity index (χ2v) is 6.10. The Balaban J connectivity index is 2.02. The molecule has 0 saturated heterocycles. The molecule has 0 spiro atoms. The maximum absolute atomic E-state index is 14.4. The topological polar surface area (TPSA) is 83.8 Å². The molecule has 1 aromatic carbocycles. The molecular weight excluding hydrogens is 323 g/mol. The van der Waals surface area contributed by atoms with Crippen molar-refractivity contribution in [2.24, 2.45) is 0 Å². The van der Waals surface area contributed by atoms with E-state index >= 15 is 0 Å². The zero-order valence-electron chi connectivity index (χ0n) is 14.2. The van der Waals surface area contributed by atoms with E-state index in [1.54, 1.807) is 19.1 Å². The fourth-order valence-electron chi connectivity index (χ4n) is 2.71. The average molecular weight is 342 g/mol. The van der Waals surface area contributed by atoms with Crippen LogP contribution in [0.4, 0.5) is 4.39 Å². The number of aryl methyl sites for hydroxylation is 2. The van der Waals surface area contributed by atoms with Crippen LogP contribution in [0.1, 0.15) is 36.4 Å². The lowest BCUT2D eigenvalue weighted by Crippen LogP contribution is -2.24. The van der Waals surface area contributed by atoms with Gasteiger partial charge in [-0.3, -0.25) is 4.79 Å². The summed E-state index contributed by atoms with van der Waals surface area (Å²) in [5, 5.41) is 15.0. The number of hydrogen-bond acceptors (Lipinski definition) is 4. The maximum Gasteiger partial charge on any atom is 0.253 e. The first-order valence-corrected chi connectivity index (χ1v) is 7.96. The van der Waals surface area contributed by atoms with E-state index in [0.717, 1.165) is 5.56 Å². The van der Waals surface area contributed by atoms with Crippen molar-refractivity contribution in [3.63, 3.8) is 0 Å². The molecule has 1 atom stereocenters. The van der Waals surface area contributed by atoms with Gasteiger partial charge in [-0.25, -0.2) is 14.1 Å². The van der Waals surface area contributed by atoms with Gasteiger partial charge in [0.1, 0.15) is 17.2 Å². The number of halogens is 1. The smallest absolute Gasteiger partial charge is 0.253 e. The molecule has 0 fully saturated rings. The van der Waals surface area contributed by atoms with Crippen molar-refractivity contribution in [2.45, 2.75) is 32.8 Å². The number of benzene rings is 1. The monoisotopic (exact) mass is 342 g/mol. The number of nitrogens with one attached hydrogen (secondary N) is 1. The summed E-state index contributed by atoms with van der Waals surface area (Å²) < 4.78 is 15.8. The van der Waals surface area contributed by atoms with Crippen molar-refractivity contribution in [1.82, 2.24) is 19.7 Å². The van der Waals surface area contributed by atoms with Crippen LogP contribution < -0.4 is 5.56 Å². The largest absolute Gasteiger partial charge is 0.380 e. The summed E-state index contributed by atoms with van der Waals surface area (Å²) in [6.45, 7) is 5.11. The number of H-pyrrole nitrogens is 1. The van der Waals surface area contributed by atoms with E-state index in [9.17, 15) is 14.3 Å². The van der Waals surface area contributed by atoms with Gasteiger partial charge in [0.2, 0.25) is 0 Å². The zero-order valence-corrected chi connectivity index (χ0v) is 14.2. The molecule has 2 N–H and O–H groups in total. The van der Waals surface area contributed by atoms with Crippen LogP contribution in [0, 0.1) is 12.7 Å². The van der Waals surface area contributed by atoms with E-state index in [2.05, 4.69) is 15.1 Å². The van der Waals surface area contributed by atoms with Crippen LogP contribution in [0.2, 0.25) is 0 Å². The Bertz CT molecular complexity index is 975. The molecule has 2 aromatic heterocycles. The lowest BCUT2D eigenvalue weighted by atomic mass is 9.89. The van der Waals surface area contributed by atoms with E-state index in [0.29, 0.717) is 23.6 Å². The molecule has 0 aliphatic rings. The third kappa shape index (κ3) is 3.23. The van der Waals surface area contributed by atoms with Crippen LogP contribution in [-0.2, 0) is 12.0 Å². The van der Waals surface area contributed by atoms with Crippen LogP contribution in [0.3, 0.4) is 0 Å². The van der Waals surface area contributed by atoms with Gasteiger partial charge in [-0.2, -0.15) is 5.10 Å². The highest BCUT2D eigenvalue weighted by Gasteiger charge is 2.30. The molecule has 6 nitrogen and oxygen atoms in total. The molecule has 0 saturated carbocycles. The Morgan fingerprint density at radius 3 is 2.76 bits per heavy atom. The van der Waals surface area contributed by atoms with Crippen molar-refractivity contribution in [3.05, 3.63) is 75.3 Å². The standard InChI is InChI=1S/C18H19FN4O2/c1-4-12-5-6-14(15(19)7-12)18(3,25)13-9-20-23(10-13)16-8-17(24)22-11(2)21-16/h5-10,25H,4H2,1-3H3,(H,21,22,24)/t18-/m1/s1. The first kappa shape index (κ1) is 17.0. The van der Waals surface area contributed by atoms with Gasteiger partial charge in [0.15, 0.2) is 5.82 Å². The minimum atomic E-state index is -1.56. The third-order valence-corrected chi connectivity index (χ3v) is 4.19. The molecule has 7 heteroatoms. The van der Waals surface area contributed by atoms with Crippen molar-refractivity contribution >= 4 is 0 Å². The molecular formula is C18H19FN4O2. The minimum absolute atomic E-state index is 0.166. The molecule has 130 valence electrons. The summed E-state index contributed by atoms with van der Waals surface area (Å²) in [5.74, 6) is 0.305. The van der Waals surface area contributed by atoms with E-state index in [-0.39, 0.29) is 11.1 Å².